The van der Waals surface area contributed by atoms with Gasteiger partial charge >= 0.3 is 11.9 Å². The van der Waals surface area contributed by atoms with E-state index in [1.54, 1.807) is 25.3 Å². The lowest BCUT2D eigenvalue weighted by atomic mass is 10.3. The number of nitrogens with zero attached hydrogens (tertiary/aromatic N) is 1. The molecule has 1 heterocycles. The first-order valence-electron chi connectivity index (χ1n) is 4.59. The van der Waals surface area contributed by atoms with Gasteiger partial charge < -0.3 is 9.84 Å². The SMILES string of the molecule is COc1ccc2sc(NC(=O)C(=O)O)nc2c1. The number of carboxylic acids is 1. The molecule has 0 radical (unpaired) electrons. The number of amides is 1. The maximum Gasteiger partial charge on any atom is 0.394 e. The van der Waals surface area contributed by atoms with Gasteiger partial charge in [0.2, 0.25) is 0 Å². The van der Waals surface area contributed by atoms with E-state index in [1.165, 1.54) is 11.3 Å². The van der Waals surface area contributed by atoms with Gasteiger partial charge in [-0.05, 0) is 12.1 Å². The van der Waals surface area contributed by atoms with Crippen molar-refractivity contribution in [2.45, 2.75) is 0 Å². The number of carbonyl (C=O) groups excluding carboxylic acids is 1. The monoisotopic (exact) mass is 252 g/mol. The number of methoxy groups -OCH3 is 1. The van der Waals surface area contributed by atoms with Crippen molar-refractivity contribution in [3.63, 3.8) is 0 Å². The van der Waals surface area contributed by atoms with Crippen molar-refractivity contribution in [1.82, 2.24) is 4.98 Å². The molecule has 0 atom stereocenters. The first-order chi connectivity index (χ1) is 8.10. The highest BCUT2D eigenvalue weighted by Gasteiger charge is 2.14. The molecule has 0 unspecified atom stereocenters. The fraction of sp³-hybridized carbons (Fsp3) is 0.100. The summed E-state index contributed by atoms with van der Waals surface area (Å²) in [6, 6.07) is 5.27. The molecular formula is C10H8N2O4S. The van der Waals surface area contributed by atoms with Crippen molar-refractivity contribution in [2.24, 2.45) is 0 Å². The molecule has 88 valence electrons. The van der Waals surface area contributed by atoms with Crippen LogP contribution in [0, 0.1) is 0 Å². The molecule has 17 heavy (non-hydrogen) atoms. The molecule has 6 nitrogen and oxygen atoms in total. The van der Waals surface area contributed by atoms with Gasteiger partial charge in [0.25, 0.3) is 0 Å². The predicted molar refractivity (Wildman–Crippen MR) is 62.4 cm³/mol. The molecule has 2 rings (SSSR count). The lowest BCUT2D eigenvalue weighted by Gasteiger charge is -1.96. The van der Waals surface area contributed by atoms with E-state index in [4.69, 9.17) is 9.84 Å². The van der Waals surface area contributed by atoms with Gasteiger partial charge in [0.05, 0.1) is 17.3 Å². The number of carboxylic acid groups (broad SMARTS) is 1. The Labute approximate surface area is 99.8 Å². The topological polar surface area (TPSA) is 88.5 Å². The van der Waals surface area contributed by atoms with Crippen LogP contribution >= 0.6 is 11.3 Å². The van der Waals surface area contributed by atoms with E-state index in [0.717, 1.165) is 4.70 Å². The second-order valence-corrected chi connectivity index (χ2v) is 4.14. The van der Waals surface area contributed by atoms with E-state index in [9.17, 15) is 9.59 Å². The minimum Gasteiger partial charge on any atom is -0.497 e. The van der Waals surface area contributed by atoms with Crippen molar-refractivity contribution >= 4 is 38.6 Å². The minimum atomic E-state index is -1.54. The summed E-state index contributed by atoms with van der Waals surface area (Å²) in [6.45, 7) is 0. The number of rotatable bonds is 2. The van der Waals surface area contributed by atoms with E-state index < -0.39 is 11.9 Å². The van der Waals surface area contributed by atoms with E-state index in [2.05, 4.69) is 10.3 Å². The molecule has 0 saturated carbocycles. The third-order valence-corrected chi connectivity index (χ3v) is 2.96. The molecule has 7 heteroatoms. The number of thiazole rings is 1. The zero-order valence-electron chi connectivity index (χ0n) is 8.76. The summed E-state index contributed by atoms with van der Waals surface area (Å²) >= 11 is 1.20. The number of ether oxygens (including phenoxy) is 1. The van der Waals surface area contributed by atoms with Gasteiger partial charge in [0, 0.05) is 6.07 Å². The molecule has 0 fully saturated rings. The number of aliphatic carboxylic acids is 1. The molecule has 0 bridgehead atoms. The maximum absolute atomic E-state index is 10.9. The largest absolute Gasteiger partial charge is 0.497 e. The number of fused-ring (bicyclic) bond motifs is 1. The van der Waals surface area contributed by atoms with Crippen molar-refractivity contribution in [3.8, 4) is 5.75 Å². The zero-order chi connectivity index (χ0) is 12.4. The van der Waals surface area contributed by atoms with Crippen LogP contribution in [-0.2, 0) is 9.59 Å². The number of carbonyl (C=O) groups is 2. The van der Waals surface area contributed by atoms with E-state index in [1.807, 2.05) is 0 Å². The summed E-state index contributed by atoms with van der Waals surface area (Å²) in [7, 11) is 1.54. The van der Waals surface area contributed by atoms with Crippen LogP contribution in [0.4, 0.5) is 5.13 Å². The van der Waals surface area contributed by atoms with Crippen molar-refractivity contribution < 1.29 is 19.4 Å². The van der Waals surface area contributed by atoms with Crippen LogP contribution in [0.5, 0.6) is 5.75 Å². The lowest BCUT2D eigenvalue weighted by molar-refractivity contribution is -0.147. The Hall–Kier alpha value is -2.15. The smallest absolute Gasteiger partial charge is 0.394 e. The Morgan fingerprint density at radius 3 is 2.88 bits per heavy atom. The Morgan fingerprint density at radius 1 is 1.47 bits per heavy atom. The van der Waals surface area contributed by atoms with Crippen LogP contribution in [-0.4, -0.2) is 29.1 Å². The van der Waals surface area contributed by atoms with Gasteiger partial charge in [-0.25, -0.2) is 9.78 Å². The van der Waals surface area contributed by atoms with Crippen LogP contribution < -0.4 is 10.1 Å². The number of aromatic nitrogens is 1. The number of benzene rings is 1. The third kappa shape index (κ3) is 2.34. The van der Waals surface area contributed by atoms with Crippen LogP contribution in [0.25, 0.3) is 10.2 Å². The molecule has 0 aliphatic rings. The van der Waals surface area contributed by atoms with Crippen molar-refractivity contribution in [3.05, 3.63) is 18.2 Å². The normalized spacial score (nSPS) is 10.2. The number of anilines is 1. The van der Waals surface area contributed by atoms with Crippen LogP contribution in [0.1, 0.15) is 0 Å². The first kappa shape index (κ1) is 11.3. The Balaban J connectivity index is 2.31. The Kier molecular flexibility index (Phi) is 2.92. The zero-order valence-corrected chi connectivity index (χ0v) is 9.58. The molecule has 2 aromatic rings. The summed E-state index contributed by atoms with van der Waals surface area (Å²) in [5.41, 5.74) is 0.648. The molecule has 1 aromatic carbocycles. The molecule has 0 spiro atoms. The highest BCUT2D eigenvalue weighted by Crippen LogP contribution is 2.28. The third-order valence-electron chi connectivity index (χ3n) is 2.01. The van der Waals surface area contributed by atoms with E-state index >= 15 is 0 Å². The average molecular weight is 252 g/mol. The molecular weight excluding hydrogens is 244 g/mol. The Morgan fingerprint density at radius 2 is 2.24 bits per heavy atom. The van der Waals surface area contributed by atoms with Crippen LogP contribution in [0.15, 0.2) is 18.2 Å². The van der Waals surface area contributed by atoms with Gasteiger partial charge in [0.15, 0.2) is 5.13 Å². The van der Waals surface area contributed by atoms with Gasteiger partial charge in [0.1, 0.15) is 5.75 Å². The second kappa shape index (κ2) is 4.38. The number of nitrogens with one attached hydrogen (secondary N) is 1. The summed E-state index contributed by atoms with van der Waals surface area (Å²) in [5, 5.41) is 10.9. The lowest BCUT2D eigenvalue weighted by Crippen LogP contribution is -2.21. The van der Waals surface area contributed by atoms with Gasteiger partial charge in [-0.2, -0.15) is 0 Å². The van der Waals surface area contributed by atoms with E-state index in [-0.39, 0.29) is 5.13 Å². The quantitative estimate of drug-likeness (QED) is 0.787. The number of hydrogen-bond acceptors (Lipinski definition) is 5. The standard InChI is InChI=1S/C10H8N2O4S/c1-16-5-2-3-7-6(4-5)11-10(17-7)12-8(13)9(14)15/h2-4H,1H3,(H,14,15)(H,11,12,13). The first-order valence-corrected chi connectivity index (χ1v) is 5.40. The maximum atomic E-state index is 10.9. The van der Waals surface area contributed by atoms with Gasteiger partial charge in [-0.1, -0.05) is 11.3 Å². The fourth-order valence-electron chi connectivity index (χ4n) is 1.24. The van der Waals surface area contributed by atoms with Gasteiger partial charge in [-0.3, -0.25) is 10.1 Å². The van der Waals surface area contributed by atoms with Crippen LogP contribution in [0.3, 0.4) is 0 Å². The number of hydrogen-bond donors (Lipinski definition) is 2. The summed E-state index contributed by atoms with van der Waals surface area (Å²) in [6.07, 6.45) is 0. The fourth-order valence-corrected chi connectivity index (χ4v) is 2.08. The predicted octanol–water partition coefficient (Wildman–Crippen LogP) is 1.33. The molecule has 0 saturated heterocycles. The second-order valence-electron chi connectivity index (χ2n) is 3.11. The summed E-state index contributed by atoms with van der Waals surface area (Å²) in [4.78, 5) is 25.4. The Bertz CT molecular complexity index is 593. The van der Waals surface area contributed by atoms with Crippen molar-refractivity contribution in [2.75, 3.05) is 12.4 Å². The highest BCUT2D eigenvalue weighted by molar-refractivity contribution is 7.22. The van der Waals surface area contributed by atoms with Crippen LogP contribution in [0.2, 0.25) is 0 Å². The highest BCUT2D eigenvalue weighted by atomic mass is 32.1. The summed E-state index contributed by atoms with van der Waals surface area (Å²) in [5.74, 6) is -1.99. The van der Waals surface area contributed by atoms with E-state index in [0.29, 0.717) is 11.3 Å². The molecule has 0 aliphatic heterocycles. The molecule has 1 amide bonds. The molecule has 0 aliphatic carbocycles. The average Bonchev–Trinajstić information content (AvgIpc) is 2.69. The molecule has 2 N–H and O–H groups in total. The minimum absolute atomic E-state index is 0.251. The summed E-state index contributed by atoms with van der Waals surface area (Å²) < 4.78 is 5.87. The molecule has 1 aromatic heterocycles. The van der Waals surface area contributed by atoms with Crippen molar-refractivity contribution in [1.29, 1.82) is 0 Å². The van der Waals surface area contributed by atoms with Gasteiger partial charge in [-0.15, -0.1) is 0 Å².